The Morgan fingerprint density at radius 2 is 1.79 bits per heavy atom. The van der Waals surface area contributed by atoms with Crippen molar-refractivity contribution in [2.24, 2.45) is 0 Å². The molecule has 174 valence electrons. The molecule has 33 heavy (non-hydrogen) atoms. The molecule has 1 fully saturated rings. The molecule has 1 aliphatic carbocycles. The van der Waals surface area contributed by atoms with Crippen LogP contribution in [0.3, 0.4) is 0 Å². The molecule has 7 heteroatoms. The maximum Gasteiger partial charge on any atom is 0.258 e. The quantitative estimate of drug-likeness (QED) is 0.563. The van der Waals surface area contributed by atoms with E-state index in [0.717, 1.165) is 23.9 Å². The van der Waals surface area contributed by atoms with E-state index in [4.69, 9.17) is 9.72 Å². The molecule has 1 unspecified atom stereocenters. The van der Waals surface area contributed by atoms with E-state index >= 15 is 0 Å². The monoisotopic (exact) mass is 448 g/mol. The molecule has 0 aliphatic heterocycles. The van der Waals surface area contributed by atoms with Gasteiger partial charge < -0.3 is 19.5 Å². The van der Waals surface area contributed by atoms with Crippen molar-refractivity contribution in [2.75, 3.05) is 13.7 Å². The molecule has 2 amide bonds. The van der Waals surface area contributed by atoms with E-state index in [1.807, 2.05) is 78.0 Å². The highest BCUT2D eigenvalue weighted by Gasteiger charge is 2.25. The zero-order valence-electron chi connectivity index (χ0n) is 19.4. The number of nitrogens with zero attached hydrogens (tertiary/aromatic N) is 3. The predicted molar refractivity (Wildman–Crippen MR) is 128 cm³/mol. The molecular weight excluding hydrogens is 416 g/mol. The van der Waals surface area contributed by atoms with E-state index in [0.29, 0.717) is 17.6 Å². The summed E-state index contributed by atoms with van der Waals surface area (Å²) in [4.78, 5) is 32.3. The number of benzene rings is 2. The first-order valence-corrected chi connectivity index (χ1v) is 11.7. The highest BCUT2D eigenvalue weighted by molar-refractivity contribution is 5.82. The van der Waals surface area contributed by atoms with Crippen LogP contribution in [-0.4, -0.2) is 46.0 Å². The predicted octanol–water partition coefficient (Wildman–Crippen LogP) is 4.08. The lowest BCUT2D eigenvalue weighted by molar-refractivity contribution is -0.133. The number of nitrogens with one attached hydrogen (secondary N) is 1. The van der Waals surface area contributed by atoms with Gasteiger partial charge in [0.25, 0.3) is 5.91 Å². The van der Waals surface area contributed by atoms with Gasteiger partial charge in [-0.15, -0.1) is 0 Å². The fourth-order valence-electron chi connectivity index (χ4n) is 4.52. The molecule has 1 saturated carbocycles. The third-order valence-electron chi connectivity index (χ3n) is 6.37. The Balaban J connectivity index is 1.48. The average molecular weight is 449 g/mol. The summed E-state index contributed by atoms with van der Waals surface area (Å²) in [6.45, 7) is 1.99. The maximum absolute atomic E-state index is 13.2. The van der Waals surface area contributed by atoms with E-state index in [-0.39, 0.29) is 31.0 Å². The van der Waals surface area contributed by atoms with Crippen LogP contribution < -0.4 is 10.1 Å². The van der Waals surface area contributed by atoms with Crippen molar-refractivity contribution < 1.29 is 14.3 Å². The number of para-hydroxylation sites is 3. The number of amides is 2. The van der Waals surface area contributed by atoms with Gasteiger partial charge in [-0.2, -0.15) is 0 Å². The van der Waals surface area contributed by atoms with Crippen LogP contribution in [0.1, 0.15) is 50.9 Å². The summed E-state index contributed by atoms with van der Waals surface area (Å²) in [7, 11) is 1.91. The third-order valence-corrected chi connectivity index (χ3v) is 6.37. The number of hydrogen-bond acceptors (Lipinski definition) is 4. The third kappa shape index (κ3) is 5.53. The fourth-order valence-corrected chi connectivity index (χ4v) is 4.52. The second kappa shape index (κ2) is 10.5. The number of carbonyl (C=O) groups excluding carboxylic acids is 2. The van der Waals surface area contributed by atoms with Gasteiger partial charge in [0.2, 0.25) is 5.91 Å². The van der Waals surface area contributed by atoms with Crippen LogP contribution in [0.15, 0.2) is 54.6 Å². The summed E-state index contributed by atoms with van der Waals surface area (Å²) in [5, 5.41) is 2.96. The van der Waals surface area contributed by atoms with Crippen LogP contribution >= 0.6 is 0 Å². The van der Waals surface area contributed by atoms with Crippen LogP contribution in [0, 0.1) is 0 Å². The number of likely N-dealkylation sites (N-methyl/N-ethyl adjacent to an activating group) is 1. The standard InChI is InChI=1S/C26H32N4O3/c1-19(27-24(31)18-33-21-13-7-4-8-14-21)26-28-22-15-9-10-16-23(22)30(26)17-25(32)29(2)20-11-5-3-6-12-20/h4,7-10,13-16,19-20H,3,5-6,11-12,17-18H2,1-2H3,(H,27,31). The summed E-state index contributed by atoms with van der Waals surface area (Å²) in [6, 6.07) is 16.9. The summed E-state index contributed by atoms with van der Waals surface area (Å²) in [5.41, 5.74) is 1.70. The topological polar surface area (TPSA) is 76.5 Å². The molecule has 1 atom stereocenters. The Morgan fingerprint density at radius 1 is 1.09 bits per heavy atom. The van der Waals surface area contributed by atoms with Gasteiger partial charge in [0.05, 0.1) is 17.1 Å². The highest BCUT2D eigenvalue weighted by Crippen LogP contribution is 2.24. The zero-order valence-corrected chi connectivity index (χ0v) is 19.4. The summed E-state index contributed by atoms with van der Waals surface area (Å²) < 4.78 is 7.49. The smallest absolute Gasteiger partial charge is 0.258 e. The van der Waals surface area contributed by atoms with Gasteiger partial charge in [0.1, 0.15) is 18.1 Å². The fraction of sp³-hybridized carbons (Fsp3) is 0.423. The normalized spacial score (nSPS) is 15.2. The molecule has 1 heterocycles. The number of fused-ring (bicyclic) bond motifs is 1. The van der Waals surface area contributed by atoms with Gasteiger partial charge >= 0.3 is 0 Å². The van der Waals surface area contributed by atoms with E-state index in [9.17, 15) is 9.59 Å². The van der Waals surface area contributed by atoms with Crippen LogP contribution in [0.4, 0.5) is 0 Å². The summed E-state index contributed by atoms with van der Waals surface area (Å²) in [6.07, 6.45) is 5.73. The Kier molecular flexibility index (Phi) is 7.27. The number of carbonyl (C=O) groups is 2. The SMILES string of the molecule is CC(NC(=O)COc1ccccc1)c1nc2ccccc2n1CC(=O)N(C)C1CCCCC1. The Hall–Kier alpha value is -3.35. The molecule has 1 aliphatic rings. The minimum absolute atomic E-state index is 0.0669. The minimum atomic E-state index is -0.378. The molecule has 3 aromatic rings. The van der Waals surface area contributed by atoms with Crippen LogP contribution in [0.5, 0.6) is 5.75 Å². The molecule has 1 aromatic heterocycles. The first-order chi connectivity index (χ1) is 16.0. The minimum Gasteiger partial charge on any atom is -0.484 e. The Labute approximate surface area is 194 Å². The Morgan fingerprint density at radius 3 is 2.55 bits per heavy atom. The van der Waals surface area contributed by atoms with E-state index in [1.54, 1.807) is 0 Å². The molecule has 0 bridgehead atoms. The lowest BCUT2D eigenvalue weighted by Crippen LogP contribution is -2.40. The van der Waals surface area contributed by atoms with E-state index < -0.39 is 0 Å². The van der Waals surface area contributed by atoms with Crippen molar-refractivity contribution in [3.05, 3.63) is 60.4 Å². The van der Waals surface area contributed by atoms with Crippen LogP contribution in [0.2, 0.25) is 0 Å². The second-order valence-corrected chi connectivity index (χ2v) is 8.73. The van der Waals surface area contributed by atoms with Crippen molar-refractivity contribution in [1.82, 2.24) is 19.8 Å². The summed E-state index contributed by atoms with van der Waals surface area (Å²) >= 11 is 0. The highest BCUT2D eigenvalue weighted by atomic mass is 16.5. The average Bonchev–Trinajstić information content (AvgIpc) is 3.22. The maximum atomic E-state index is 13.2. The molecule has 0 spiro atoms. The molecule has 0 radical (unpaired) electrons. The van der Waals surface area contributed by atoms with Crippen LogP contribution in [0.25, 0.3) is 11.0 Å². The van der Waals surface area contributed by atoms with Crippen LogP contribution in [-0.2, 0) is 16.1 Å². The first kappa shape index (κ1) is 22.8. The van der Waals surface area contributed by atoms with Gasteiger partial charge in [-0.3, -0.25) is 9.59 Å². The number of hydrogen-bond donors (Lipinski definition) is 1. The largest absolute Gasteiger partial charge is 0.484 e. The van der Waals surface area contributed by atoms with Gasteiger partial charge in [0, 0.05) is 13.1 Å². The molecular formula is C26H32N4O3. The van der Waals surface area contributed by atoms with Crippen molar-refractivity contribution in [3.8, 4) is 5.75 Å². The van der Waals surface area contributed by atoms with Crippen molar-refractivity contribution in [2.45, 2.75) is 57.7 Å². The number of aromatic nitrogens is 2. The van der Waals surface area contributed by atoms with Gasteiger partial charge in [0.15, 0.2) is 6.61 Å². The number of ether oxygens (including phenoxy) is 1. The molecule has 1 N–H and O–H groups in total. The summed E-state index contributed by atoms with van der Waals surface area (Å²) in [5.74, 6) is 1.13. The van der Waals surface area contributed by atoms with Crippen molar-refractivity contribution in [3.63, 3.8) is 0 Å². The van der Waals surface area contributed by atoms with Gasteiger partial charge in [-0.25, -0.2) is 4.98 Å². The van der Waals surface area contributed by atoms with Crippen molar-refractivity contribution in [1.29, 1.82) is 0 Å². The van der Waals surface area contributed by atoms with Gasteiger partial charge in [-0.1, -0.05) is 49.6 Å². The zero-order chi connectivity index (χ0) is 23.2. The van der Waals surface area contributed by atoms with Gasteiger partial charge in [-0.05, 0) is 44.0 Å². The second-order valence-electron chi connectivity index (χ2n) is 8.73. The molecule has 0 saturated heterocycles. The lowest BCUT2D eigenvalue weighted by atomic mass is 9.94. The molecule has 7 nitrogen and oxygen atoms in total. The lowest BCUT2D eigenvalue weighted by Gasteiger charge is -2.31. The Bertz CT molecular complexity index is 1090. The van der Waals surface area contributed by atoms with E-state index in [1.165, 1.54) is 19.3 Å². The number of rotatable bonds is 8. The van der Waals surface area contributed by atoms with E-state index in [2.05, 4.69) is 5.32 Å². The number of imidazole rings is 1. The molecule has 4 rings (SSSR count). The van der Waals surface area contributed by atoms with Crippen molar-refractivity contribution >= 4 is 22.8 Å². The molecule has 2 aromatic carbocycles. The first-order valence-electron chi connectivity index (χ1n) is 11.7.